The fraction of sp³-hybridized carbons (Fsp3) is 0.231. The van der Waals surface area contributed by atoms with Crippen molar-refractivity contribution in [2.24, 2.45) is 5.16 Å². The first-order valence-electron chi connectivity index (χ1n) is 5.38. The molecule has 2 rings (SSSR count). The van der Waals surface area contributed by atoms with Crippen molar-refractivity contribution in [2.45, 2.75) is 20.5 Å². The second-order valence-corrected chi connectivity index (χ2v) is 4.74. The van der Waals surface area contributed by atoms with E-state index in [-0.39, 0.29) is 0 Å². The highest BCUT2D eigenvalue weighted by atomic mass is 32.1. The molecule has 0 atom stereocenters. The first-order valence-corrected chi connectivity index (χ1v) is 6.26. The quantitative estimate of drug-likeness (QED) is 0.612. The minimum Gasteiger partial charge on any atom is -0.389 e. The lowest BCUT2D eigenvalue weighted by atomic mass is 10.1. The van der Waals surface area contributed by atoms with Gasteiger partial charge in [0.1, 0.15) is 0 Å². The third-order valence-corrected chi connectivity index (χ3v) is 3.09. The summed E-state index contributed by atoms with van der Waals surface area (Å²) in [5.74, 6) is 0. The van der Waals surface area contributed by atoms with E-state index in [9.17, 15) is 0 Å². The van der Waals surface area contributed by atoms with Crippen molar-refractivity contribution in [3.8, 4) is 0 Å². The van der Waals surface area contributed by atoms with Crippen LogP contribution in [-0.2, 0) is 11.4 Å². The number of hydrogen-bond donors (Lipinski definition) is 0. The van der Waals surface area contributed by atoms with E-state index in [1.54, 1.807) is 11.3 Å². The molecule has 1 heterocycles. The van der Waals surface area contributed by atoms with Crippen molar-refractivity contribution >= 4 is 17.0 Å². The molecule has 0 fully saturated rings. The molecule has 1 aromatic carbocycles. The van der Waals surface area contributed by atoms with Crippen molar-refractivity contribution in [1.29, 1.82) is 0 Å². The number of aromatic nitrogens is 1. The SMILES string of the molecule is CC(=NOCc1csc(C)n1)c1ccccc1. The van der Waals surface area contributed by atoms with Crippen LogP contribution in [0.15, 0.2) is 40.9 Å². The molecule has 0 saturated heterocycles. The Morgan fingerprint density at radius 2 is 2.12 bits per heavy atom. The van der Waals surface area contributed by atoms with Crippen LogP contribution in [0.25, 0.3) is 0 Å². The van der Waals surface area contributed by atoms with Crippen molar-refractivity contribution in [2.75, 3.05) is 0 Å². The number of hydrogen-bond acceptors (Lipinski definition) is 4. The minimum atomic E-state index is 0.425. The van der Waals surface area contributed by atoms with Gasteiger partial charge in [0.05, 0.1) is 16.4 Å². The Balaban J connectivity index is 1.93. The van der Waals surface area contributed by atoms with E-state index >= 15 is 0 Å². The smallest absolute Gasteiger partial charge is 0.159 e. The summed E-state index contributed by atoms with van der Waals surface area (Å²) in [7, 11) is 0. The molecule has 17 heavy (non-hydrogen) atoms. The van der Waals surface area contributed by atoms with Crippen LogP contribution in [0, 0.1) is 6.92 Å². The van der Waals surface area contributed by atoms with Crippen molar-refractivity contribution in [3.05, 3.63) is 52.0 Å². The summed E-state index contributed by atoms with van der Waals surface area (Å²) in [5.41, 5.74) is 2.87. The highest BCUT2D eigenvalue weighted by Gasteiger charge is 1.99. The van der Waals surface area contributed by atoms with E-state index in [0.29, 0.717) is 6.61 Å². The summed E-state index contributed by atoms with van der Waals surface area (Å²) in [6, 6.07) is 9.97. The molecular formula is C13H14N2OS. The van der Waals surface area contributed by atoms with Crippen LogP contribution in [0.3, 0.4) is 0 Å². The maximum Gasteiger partial charge on any atom is 0.159 e. The van der Waals surface area contributed by atoms with Crippen LogP contribution >= 0.6 is 11.3 Å². The summed E-state index contributed by atoms with van der Waals surface area (Å²) in [6.07, 6.45) is 0. The standard InChI is InChI=1S/C13H14N2OS/c1-10(12-6-4-3-5-7-12)15-16-8-13-9-17-11(2)14-13/h3-7,9H,8H2,1-2H3. The maximum atomic E-state index is 5.28. The Kier molecular flexibility index (Phi) is 3.88. The number of thiazole rings is 1. The fourth-order valence-electron chi connectivity index (χ4n) is 1.40. The van der Waals surface area contributed by atoms with Crippen LogP contribution < -0.4 is 0 Å². The molecule has 3 nitrogen and oxygen atoms in total. The Morgan fingerprint density at radius 3 is 2.76 bits per heavy atom. The topological polar surface area (TPSA) is 34.5 Å². The average Bonchev–Trinajstić information content (AvgIpc) is 2.76. The molecule has 1 aromatic heterocycles. The summed E-state index contributed by atoms with van der Waals surface area (Å²) in [4.78, 5) is 9.59. The molecule has 0 N–H and O–H groups in total. The summed E-state index contributed by atoms with van der Waals surface area (Å²) in [5, 5.41) is 7.12. The summed E-state index contributed by atoms with van der Waals surface area (Å²) < 4.78 is 0. The molecule has 0 radical (unpaired) electrons. The van der Waals surface area contributed by atoms with Gasteiger partial charge in [-0.25, -0.2) is 4.98 Å². The maximum absolute atomic E-state index is 5.28. The van der Waals surface area contributed by atoms with Gasteiger partial charge >= 0.3 is 0 Å². The Hall–Kier alpha value is -1.68. The third-order valence-electron chi connectivity index (χ3n) is 2.27. The van der Waals surface area contributed by atoms with Crippen LogP contribution in [0.5, 0.6) is 0 Å². The Labute approximate surface area is 105 Å². The molecule has 0 saturated carbocycles. The van der Waals surface area contributed by atoms with Gasteiger partial charge in [0.15, 0.2) is 6.61 Å². The molecule has 2 aromatic rings. The number of aryl methyl sites for hydroxylation is 1. The normalized spacial score (nSPS) is 11.5. The monoisotopic (exact) mass is 246 g/mol. The van der Waals surface area contributed by atoms with Crippen LogP contribution in [0.2, 0.25) is 0 Å². The van der Waals surface area contributed by atoms with E-state index in [1.165, 1.54) is 0 Å². The summed E-state index contributed by atoms with van der Waals surface area (Å²) in [6.45, 7) is 4.34. The van der Waals surface area contributed by atoms with E-state index < -0.39 is 0 Å². The van der Waals surface area contributed by atoms with Gasteiger partial charge < -0.3 is 4.84 Å². The van der Waals surface area contributed by atoms with E-state index in [0.717, 1.165) is 22.0 Å². The molecule has 0 bridgehead atoms. The minimum absolute atomic E-state index is 0.425. The van der Waals surface area contributed by atoms with Gasteiger partial charge in [-0.3, -0.25) is 0 Å². The zero-order valence-electron chi connectivity index (χ0n) is 9.88. The van der Waals surface area contributed by atoms with E-state index in [2.05, 4.69) is 10.1 Å². The Morgan fingerprint density at radius 1 is 1.35 bits per heavy atom. The van der Waals surface area contributed by atoms with Crippen molar-refractivity contribution in [1.82, 2.24) is 4.98 Å². The lowest BCUT2D eigenvalue weighted by Crippen LogP contribution is -1.96. The zero-order chi connectivity index (χ0) is 12.1. The Bertz CT molecular complexity index is 505. The van der Waals surface area contributed by atoms with Crippen LogP contribution in [-0.4, -0.2) is 10.7 Å². The summed E-state index contributed by atoms with van der Waals surface area (Å²) >= 11 is 1.62. The largest absolute Gasteiger partial charge is 0.389 e. The molecule has 0 aliphatic heterocycles. The first-order chi connectivity index (χ1) is 8.25. The number of oxime groups is 1. The first kappa shape index (κ1) is 11.8. The van der Waals surface area contributed by atoms with Crippen LogP contribution in [0.1, 0.15) is 23.2 Å². The third kappa shape index (κ3) is 3.39. The molecule has 4 heteroatoms. The molecule has 0 unspecified atom stereocenters. The highest BCUT2D eigenvalue weighted by molar-refractivity contribution is 7.09. The van der Waals surface area contributed by atoms with Gasteiger partial charge in [-0.05, 0) is 19.4 Å². The molecule has 0 amide bonds. The van der Waals surface area contributed by atoms with Gasteiger partial charge in [-0.2, -0.15) is 0 Å². The lowest BCUT2D eigenvalue weighted by Gasteiger charge is -2.00. The number of nitrogens with zero attached hydrogens (tertiary/aromatic N) is 2. The zero-order valence-corrected chi connectivity index (χ0v) is 10.7. The van der Waals surface area contributed by atoms with Gasteiger partial charge in [0.25, 0.3) is 0 Å². The predicted molar refractivity (Wildman–Crippen MR) is 70.3 cm³/mol. The van der Waals surface area contributed by atoms with E-state index in [1.807, 2.05) is 49.6 Å². The van der Waals surface area contributed by atoms with Crippen molar-refractivity contribution < 1.29 is 4.84 Å². The fourth-order valence-corrected chi connectivity index (χ4v) is 2.00. The second kappa shape index (κ2) is 5.59. The molecule has 88 valence electrons. The molecular weight excluding hydrogens is 232 g/mol. The van der Waals surface area contributed by atoms with E-state index in [4.69, 9.17) is 4.84 Å². The average molecular weight is 246 g/mol. The van der Waals surface area contributed by atoms with Gasteiger partial charge in [0.2, 0.25) is 0 Å². The van der Waals surface area contributed by atoms with Gasteiger partial charge in [-0.15, -0.1) is 11.3 Å². The predicted octanol–water partition coefficient (Wildman–Crippen LogP) is 3.39. The molecule has 0 aliphatic rings. The molecule has 0 spiro atoms. The highest BCUT2D eigenvalue weighted by Crippen LogP contribution is 2.09. The lowest BCUT2D eigenvalue weighted by molar-refractivity contribution is 0.128. The van der Waals surface area contributed by atoms with Crippen molar-refractivity contribution in [3.63, 3.8) is 0 Å². The van der Waals surface area contributed by atoms with Gasteiger partial charge in [0, 0.05) is 5.38 Å². The number of benzene rings is 1. The number of rotatable bonds is 4. The molecule has 0 aliphatic carbocycles. The van der Waals surface area contributed by atoms with Gasteiger partial charge in [-0.1, -0.05) is 35.5 Å². The van der Waals surface area contributed by atoms with Crippen LogP contribution in [0.4, 0.5) is 0 Å². The second-order valence-electron chi connectivity index (χ2n) is 3.67.